The molecule has 0 aliphatic heterocycles. The molecule has 1 aromatic rings. The number of aromatic nitrogens is 1. The summed E-state index contributed by atoms with van der Waals surface area (Å²) in [6.45, 7) is 5.60. The molecule has 0 atom stereocenters. The van der Waals surface area contributed by atoms with E-state index >= 15 is 0 Å². The summed E-state index contributed by atoms with van der Waals surface area (Å²) in [4.78, 5) is 0. The van der Waals surface area contributed by atoms with E-state index in [0.29, 0.717) is 6.26 Å². The van der Waals surface area contributed by atoms with Gasteiger partial charge in [0, 0.05) is 24.3 Å². The van der Waals surface area contributed by atoms with Crippen LogP contribution >= 0.6 is 0 Å². The van der Waals surface area contributed by atoms with Crippen LogP contribution in [0.1, 0.15) is 57.4 Å². The number of hydrogen-bond donors (Lipinski definition) is 0. The van der Waals surface area contributed by atoms with E-state index in [9.17, 15) is 0 Å². The van der Waals surface area contributed by atoms with Gasteiger partial charge < -0.3 is 4.55 Å². The molecule has 1 heterocycles. The molecule has 0 saturated heterocycles. The summed E-state index contributed by atoms with van der Waals surface area (Å²) in [7, 11) is -3.92. The third-order valence-corrected chi connectivity index (χ3v) is 3.03. The fourth-order valence-electron chi connectivity index (χ4n) is 2.04. The Morgan fingerprint density at radius 2 is 1.62 bits per heavy atom. The van der Waals surface area contributed by atoms with Crippen molar-refractivity contribution >= 4 is 10.1 Å². The van der Waals surface area contributed by atoms with Crippen LogP contribution in [0.25, 0.3) is 0 Å². The molecule has 1 rings (SSSR count). The van der Waals surface area contributed by atoms with Crippen molar-refractivity contribution in [3.05, 3.63) is 30.1 Å². The van der Waals surface area contributed by atoms with E-state index in [1.807, 2.05) is 0 Å². The zero-order valence-electron chi connectivity index (χ0n) is 13.5. The van der Waals surface area contributed by atoms with E-state index in [1.165, 1.54) is 57.1 Å². The van der Waals surface area contributed by atoms with Gasteiger partial charge in [0.05, 0.1) is 10.1 Å². The molecule has 0 aromatic carbocycles. The van der Waals surface area contributed by atoms with Crippen LogP contribution in [0.4, 0.5) is 0 Å². The van der Waals surface area contributed by atoms with Gasteiger partial charge in [-0.1, -0.05) is 39.0 Å². The van der Waals surface area contributed by atoms with Crippen LogP contribution in [0.5, 0.6) is 0 Å². The molecule has 1 aromatic heterocycles. The first-order valence-electron chi connectivity index (χ1n) is 7.69. The highest BCUT2D eigenvalue weighted by Gasteiger charge is 1.99. The normalized spacial score (nSPS) is 10.9. The second-order valence-electron chi connectivity index (χ2n) is 5.44. The minimum absolute atomic E-state index is 0.604. The lowest BCUT2D eigenvalue weighted by Gasteiger charge is -2.00. The molecule has 0 amide bonds. The quantitative estimate of drug-likeness (QED) is 0.420. The first-order valence-corrected chi connectivity index (χ1v) is 9.51. The minimum atomic E-state index is -3.92. The molecule has 0 saturated carbocycles. The van der Waals surface area contributed by atoms with E-state index < -0.39 is 10.1 Å². The second-order valence-corrected chi connectivity index (χ2v) is 6.85. The molecule has 122 valence electrons. The summed E-state index contributed by atoms with van der Waals surface area (Å²) < 4.78 is 29.5. The Labute approximate surface area is 130 Å². The van der Waals surface area contributed by atoms with Crippen LogP contribution in [0, 0.1) is 6.92 Å². The molecule has 0 fully saturated rings. The second kappa shape index (κ2) is 11.7. The molecule has 0 aliphatic rings. The van der Waals surface area contributed by atoms with Crippen LogP contribution in [-0.4, -0.2) is 19.2 Å². The van der Waals surface area contributed by atoms with Gasteiger partial charge in [-0.3, -0.25) is 0 Å². The van der Waals surface area contributed by atoms with Crippen molar-refractivity contribution in [3.63, 3.8) is 0 Å². The SMILES string of the molecule is CCCCCCCCC[n+]1cccc(C)c1.CS(=O)(=O)[O-]. The molecule has 0 unspecified atom stereocenters. The lowest BCUT2D eigenvalue weighted by molar-refractivity contribution is -0.697. The van der Waals surface area contributed by atoms with Crippen LogP contribution < -0.4 is 4.57 Å². The van der Waals surface area contributed by atoms with Gasteiger partial charge in [0.1, 0.15) is 6.54 Å². The average Bonchev–Trinajstić information content (AvgIpc) is 2.36. The van der Waals surface area contributed by atoms with Gasteiger partial charge in [0.2, 0.25) is 0 Å². The van der Waals surface area contributed by atoms with E-state index in [-0.39, 0.29) is 0 Å². The van der Waals surface area contributed by atoms with Crippen molar-refractivity contribution < 1.29 is 17.5 Å². The maximum atomic E-state index is 9.08. The molecule has 0 N–H and O–H groups in total. The van der Waals surface area contributed by atoms with Gasteiger partial charge in [-0.15, -0.1) is 0 Å². The highest BCUT2D eigenvalue weighted by molar-refractivity contribution is 7.84. The Kier molecular flexibility index (Phi) is 11.2. The van der Waals surface area contributed by atoms with E-state index in [1.54, 1.807) is 0 Å². The van der Waals surface area contributed by atoms with Gasteiger partial charge in [-0.25, -0.2) is 13.0 Å². The molecule has 0 aliphatic carbocycles. The lowest BCUT2D eigenvalue weighted by Crippen LogP contribution is -2.32. The van der Waals surface area contributed by atoms with Crippen molar-refractivity contribution in [1.82, 2.24) is 0 Å². The number of pyridine rings is 1. The summed E-state index contributed by atoms with van der Waals surface area (Å²) in [5.74, 6) is 0. The Bertz CT molecular complexity index is 464. The number of aryl methyl sites for hydroxylation is 2. The maximum absolute atomic E-state index is 9.08. The highest BCUT2D eigenvalue weighted by atomic mass is 32.2. The largest absolute Gasteiger partial charge is 0.748 e. The standard InChI is InChI=1S/C15H26N.CH4O3S/c1-3-4-5-6-7-8-9-12-16-13-10-11-15(2)14-16;1-5(2,3)4/h10-11,13-14H,3-9,12H2,1-2H3;1H3,(H,2,3,4)/q+1;/p-1. The molecule has 0 radical (unpaired) electrons. The summed E-state index contributed by atoms with van der Waals surface area (Å²) in [5.41, 5.74) is 1.35. The molecular formula is C16H29NO3S. The fourth-order valence-corrected chi connectivity index (χ4v) is 2.04. The first-order chi connectivity index (χ1) is 9.83. The van der Waals surface area contributed by atoms with Crippen molar-refractivity contribution in [1.29, 1.82) is 0 Å². The monoisotopic (exact) mass is 315 g/mol. The van der Waals surface area contributed by atoms with Gasteiger partial charge in [-0.2, -0.15) is 0 Å². The fraction of sp³-hybridized carbons (Fsp3) is 0.688. The molecular weight excluding hydrogens is 286 g/mol. The summed E-state index contributed by atoms with van der Waals surface area (Å²) >= 11 is 0. The third-order valence-electron chi connectivity index (χ3n) is 3.03. The zero-order chi connectivity index (χ0) is 16.1. The molecule has 0 spiro atoms. The average molecular weight is 315 g/mol. The molecule has 4 nitrogen and oxygen atoms in total. The first kappa shape index (κ1) is 20.1. The molecule has 21 heavy (non-hydrogen) atoms. The van der Waals surface area contributed by atoms with Gasteiger partial charge in [-0.05, 0) is 19.4 Å². The number of nitrogens with zero attached hydrogens (tertiary/aromatic N) is 1. The van der Waals surface area contributed by atoms with E-state index in [4.69, 9.17) is 13.0 Å². The smallest absolute Gasteiger partial charge is 0.171 e. The summed E-state index contributed by atoms with van der Waals surface area (Å²) in [6, 6.07) is 4.29. The number of rotatable bonds is 8. The predicted octanol–water partition coefficient (Wildman–Crippen LogP) is 3.19. The van der Waals surface area contributed by atoms with Crippen molar-refractivity contribution in [2.45, 2.75) is 65.3 Å². The van der Waals surface area contributed by atoms with Crippen LogP contribution in [0.3, 0.4) is 0 Å². The predicted molar refractivity (Wildman–Crippen MR) is 85.0 cm³/mol. The van der Waals surface area contributed by atoms with E-state index in [0.717, 1.165) is 0 Å². The molecule has 0 bridgehead atoms. The van der Waals surface area contributed by atoms with E-state index in [2.05, 4.69) is 42.9 Å². The third kappa shape index (κ3) is 17.0. The highest BCUT2D eigenvalue weighted by Crippen LogP contribution is 2.06. The van der Waals surface area contributed by atoms with Crippen molar-refractivity contribution in [2.24, 2.45) is 0 Å². The topological polar surface area (TPSA) is 61.1 Å². The lowest BCUT2D eigenvalue weighted by atomic mass is 10.1. The number of unbranched alkanes of at least 4 members (excludes halogenated alkanes) is 6. The zero-order valence-corrected chi connectivity index (χ0v) is 14.4. The van der Waals surface area contributed by atoms with Gasteiger partial charge >= 0.3 is 0 Å². The molecule has 5 heteroatoms. The summed E-state index contributed by atoms with van der Waals surface area (Å²) in [5, 5.41) is 0. The van der Waals surface area contributed by atoms with Crippen LogP contribution in [0.15, 0.2) is 24.5 Å². The Morgan fingerprint density at radius 3 is 2.14 bits per heavy atom. The Hall–Kier alpha value is -0.940. The Balaban J connectivity index is 0.000000690. The van der Waals surface area contributed by atoms with Crippen LogP contribution in [-0.2, 0) is 16.7 Å². The van der Waals surface area contributed by atoms with Crippen LogP contribution in [0.2, 0.25) is 0 Å². The maximum Gasteiger partial charge on any atom is 0.171 e. The summed E-state index contributed by atoms with van der Waals surface area (Å²) in [6.07, 6.45) is 14.7. The van der Waals surface area contributed by atoms with Gasteiger partial charge in [0.25, 0.3) is 0 Å². The number of hydrogen-bond acceptors (Lipinski definition) is 3. The Morgan fingerprint density at radius 1 is 1.10 bits per heavy atom. The van der Waals surface area contributed by atoms with Crippen molar-refractivity contribution in [3.8, 4) is 0 Å². The van der Waals surface area contributed by atoms with Crippen molar-refractivity contribution in [2.75, 3.05) is 6.26 Å². The van der Waals surface area contributed by atoms with Gasteiger partial charge in [0.15, 0.2) is 12.4 Å². The minimum Gasteiger partial charge on any atom is -0.748 e.